The van der Waals surface area contributed by atoms with Gasteiger partial charge in [0.25, 0.3) is 0 Å². The first-order valence-electron chi connectivity index (χ1n) is 8.54. The third-order valence-electron chi connectivity index (χ3n) is 4.87. The van der Waals surface area contributed by atoms with E-state index in [9.17, 15) is 9.59 Å². The number of nitrogens with one attached hydrogen (secondary N) is 1. The summed E-state index contributed by atoms with van der Waals surface area (Å²) in [4.78, 5) is 28.5. The van der Waals surface area contributed by atoms with Crippen LogP contribution in [0, 0.1) is 0 Å². The minimum absolute atomic E-state index is 0.0770. The van der Waals surface area contributed by atoms with Gasteiger partial charge >= 0.3 is 0 Å². The minimum atomic E-state index is -0.358. The van der Waals surface area contributed by atoms with Gasteiger partial charge in [-0.25, -0.2) is 0 Å². The molecule has 0 radical (unpaired) electrons. The summed E-state index contributed by atoms with van der Waals surface area (Å²) >= 11 is 0. The first-order valence-corrected chi connectivity index (χ1v) is 8.54. The molecule has 124 valence electrons. The standard InChI is InChI=1S/C18H25N3O2/c1-3-15(21-11-5-7-17(21)22)18(23)19-14-8-9-16-13(12-14)6-4-10-20(16)2/h8-9,12,15H,3-7,10-11H2,1-2H3,(H,19,23)/t15-/m1/s1. The number of aryl methyl sites for hydroxylation is 1. The van der Waals surface area contributed by atoms with Crippen molar-refractivity contribution in [3.63, 3.8) is 0 Å². The van der Waals surface area contributed by atoms with Crippen LogP contribution in [0.15, 0.2) is 18.2 Å². The number of hydrogen-bond donors (Lipinski definition) is 1. The van der Waals surface area contributed by atoms with E-state index in [4.69, 9.17) is 0 Å². The maximum atomic E-state index is 12.6. The molecular formula is C18H25N3O2. The van der Waals surface area contributed by atoms with Crippen molar-refractivity contribution in [3.8, 4) is 0 Å². The Labute approximate surface area is 137 Å². The number of nitrogens with zero attached hydrogens (tertiary/aromatic N) is 2. The lowest BCUT2D eigenvalue weighted by atomic mass is 10.0. The predicted octanol–water partition coefficient (Wildman–Crippen LogP) is 2.41. The van der Waals surface area contributed by atoms with E-state index in [-0.39, 0.29) is 17.9 Å². The number of hydrogen-bond acceptors (Lipinski definition) is 3. The number of fused-ring (bicyclic) bond motifs is 1. The van der Waals surface area contributed by atoms with Crippen LogP contribution in [0.3, 0.4) is 0 Å². The molecule has 23 heavy (non-hydrogen) atoms. The Hall–Kier alpha value is -2.04. The zero-order valence-corrected chi connectivity index (χ0v) is 14.0. The van der Waals surface area contributed by atoms with Crippen molar-refractivity contribution in [1.82, 2.24) is 4.90 Å². The van der Waals surface area contributed by atoms with E-state index in [2.05, 4.69) is 29.4 Å². The van der Waals surface area contributed by atoms with Gasteiger partial charge in [-0.15, -0.1) is 0 Å². The van der Waals surface area contributed by atoms with E-state index in [0.29, 0.717) is 19.4 Å². The molecule has 5 nitrogen and oxygen atoms in total. The summed E-state index contributed by atoms with van der Waals surface area (Å²) in [7, 11) is 2.10. The normalized spacial score (nSPS) is 18.8. The van der Waals surface area contributed by atoms with Gasteiger partial charge in [-0.05, 0) is 49.4 Å². The Balaban J connectivity index is 1.73. The highest BCUT2D eigenvalue weighted by Gasteiger charge is 2.31. The van der Waals surface area contributed by atoms with Crippen LogP contribution >= 0.6 is 0 Å². The molecule has 1 N–H and O–H groups in total. The van der Waals surface area contributed by atoms with Crippen LogP contribution in [0.2, 0.25) is 0 Å². The zero-order valence-electron chi connectivity index (χ0n) is 14.0. The lowest BCUT2D eigenvalue weighted by Crippen LogP contribution is -2.44. The van der Waals surface area contributed by atoms with Crippen LogP contribution in [-0.2, 0) is 16.0 Å². The van der Waals surface area contributed by atoms with E-state index < -0.39 is 0 Å². The molecule has 2 amide bonds. The number of rotatable bonds is 4. The first kappa shape index (κ1) is 15.8. The average Bonchev–Trinajstić information content (AvgIpc) is 2.94. The summed E-state index contributed by atoms with van der Waals surface area (Å²) in [6, 6.07) is 5.74. The van der Waals surface area contributed by atoms with Gasteiger partial charge < -0.3 is 15.1 Å². The predicted molar refractivity (Wildman–Crippen MR) is 91.7 cm³/mol. The van der Waals surface area contributed by atoms with E-state index in [1.54, 1.807) is 4.90 Å². The number of benzene rings is 1. The molecule has 1 saturated heterocycles. The molecule has 2 aliphatic heterocycles. The second-order valence-electron chi connectivity index (χ2n) is 6.47. The van der Waals surface area contributed by atoms with Gasteiger partial charge in [-0.2, -0.15) is 0 Å². The van der Waals surface area contributed by atoms with Gasteiger partial charge in [-0.1, -0.05) is 6.92 Å². The van der Waals surface area contributed by atoms with Gasteiger partial charge in [0, 0.05) is 37.9 Å². The fraction of sp³-hybridized carbons (Fsp3) is 0.556. The van der Waals surface area contributed by atoms with E-state index >= 15 is 0 Å². The van der Waals surface area contributed by atoms with Crippen LogP contribution in [0.25, 0.3) is 0 Å². The molecule has 0 bridgehead atoms. The molecule has 3 rings (SSSR count). The Kier molecular flexibility index (Phi) is 4.55. The average molecular weight is 315 g/mol. The zero-order chi connectivity index (χ0) is 16.4. The summed E-state index contributed by atoms with van der Waals surface area (Å²) in [5.74, 6) is 0.0194. The van der Waals surface area contributed by atoms with E-state index in [1.807, 2.05) is 13.0 Å². The van der Waals surface area contributed by atoms with Gasteiger partial charge in [0.15, 0.2) is 0 Å². The van der Waals surface area contributed by atoms with Crippen LogP contribution in [0.4, 0.5) is 11.4 Å². The maximum absolute atomic E-state index is 12.6. The molecule has 2 aliphatic rings. The molecule has 5 heteroatoms. The van der Waals surface area contributed by atoms with Crippen LogP contribution in [0.1, 0.15) is 38.2 Å². The molecule has 0 aliphatic carbocycles. The molecule has 1 aromatic carbocycles. The monoisotopic (exact) mass is 315 g/mol. The summed E-state index contributed by atoms with van der Waals surface area (Å²) < 4.78 is 0. The number of likely N-dealkylation sites (tertiary alicyclic amines) is 1. The smallest absolute Gasteiger partial charge is 0.247 e. The highest BCUT2D eigenvalue weighted by molar-refractivity contribution is 5.97. The summed E-state index contributed by atoms with van der Waals surface area (Å²) in [6.07, 6.45) is 4.25. The molecule has 0 saturated carbocycles. The van der Waals surface area contributed by atoms with Crippen molar-refractivity contribution in [2.24, 2.45) is 0 Å². The van der Waals surface area contributed by atoms with E-state index in [1.165, 1.54) is 11.3 Å². The fourth-order valence-corrected chi connectivity index (χ4v) is 3.63. The van der Waals surface area contributed by atoms with Crippen molar-refractivity contribution in [2.75, 3.05) is 30.4 Å². The van der Waals surface area contributed by atoms with E-state index in [0.717, 1.165) is 31.5 Å². The Morgan fingerprint density at radius 3 is 2.74 bits per heavy atom. The lowest BCUT2D eigenvalue weighted by Gasteiger charge is -2.28. The van der Waals surface area contributed by atoms with Crippen LogP contribution < -0.4 is 10.2 Å². The fourth-order valence-electron chi connectivity index (χ4n) is 3.63. The second-order valence-corrected chi connectivity index (χ2v) is 6.47. The number of anilines is 2. The Bertz CT molecular complexity index is 614. The topological polar surface area (TPSA) is 52.7 Å². The minimum Gasteiger partial charge on any atom is -0.374 e. The SMILES string of the molecule is CC[C@H](C(=O)Nc1ccc2c(c1)CCCN2C)N1CCCC1=O. The maximum Gasteiger partial charge on any atom is 0.247 e. The quantitative estimate of drug-likeness (QED) is 0.928. The first-order chi connectivity index (χ1) is 11.1. The highest BCUT2D eigenvalue weighted by Crippen LogP contribution is 2.29. The number of carbonyl (C=O) groups excluding carboxylic acids is 2. The summed E-state index contributed by atoms with van der Waals surface area (Å²) in [5.41, 5.74) is 3.35. The molecule has 2 heterocycles. The van der Waals surface area contributed by atoms with Gasteiger partial charge in [0.2, 0.25) is 11.8 Å². The van der Waals surface area contributed by atoms with Gasteiger partial charge in [-0.3, -0.25) is 9.59 Å². The highest BCUT2D eigenvalue weighted by atomic mass is 16.2. The number of amides is 2. The van der Waals surface area contributed by atoms with Crippen molar-refractivity contribution >= 4 is 23.2 Å². The molecular weight excluding hydrogens is 290 g/mol. The van der Waals surface area contributed by atoms with Gasteiger partial charge in [0.05, 0.1) is 0 Å². The largest absolute Gasteiger partial charge is 0.374 e. The third kappa shape index (κ3) is 3.19. The van der Waals surface area contributed by atoms with Gasteiger partial charge in [0.1, 0.15) is 6.04 Å². The molecule has 1 atom stereocenters. The third-order valence-corrected chi connectivity index (χ3v) is 4.87. The van der Waals surface area contributed by atoms with Crippen molar-refractivity contribution in [2.45, 2.75) is 45.1 Å². The van der Waals surface area contributed by atoms with Crippen molar-refractivity contribution in [1.29, 1.82) is 0 Å². The Morgan fingerprint density at radius 2 is 2.04 bits per heavy atom. The van der Waals surface area contributed by atoms with Crippen molar-refractivity contribution in [3.05, 3.63) is 23.8 Å². The lowest BCUT2D eigenvalue weighted by molar-refractivity contribution is -0.135. The van der Waals surface area contributed by atoms with Crippen LogP contribution in [-0.4, -0.2) is 42.9 Å². The van der Waals surface area contributed by atoms with Crippen LogP contribution in [0.5, 0.6) is 0 Å². The molecule has 0 spiro atoms. The van der Waals surface area contributed by atoms with Crippen molar-refractivity contribution < 1.29 is 9.59 Å². The molecule has 0 aromatic heterocycles. The molecule has 1 aromatic rings. The molecule has 0 unspecified atom stereocenters. The second kappa shape index (κ2) is 6.60. The summed E-state index contributed by atoms with van der Waals surface area (Å²) in [5, 5.41) is 3.00. The number of carbonyl (C=O) groups is 2. The Morgan fingerprint density at radius 1 is 1.26 bits per heavy atom. The molecule has 1 fully saturated rings. The summed E-state index contributed by atoms with van der Waals surface area (Å²) in [6.45, 7) is 3.73.